The lowest BCUT2D eigenvalue weighted by molar-refractivity contribution is -0.163. The molecule has 192 valence electrons. The summed E-state index contributed by atoms with van der Waals surface area (Å²) in [6.45, 7) is 4.50. The van der Waals surface area contributed by atoms with Crippen LogP contribution >= 0.6 is 0 Å². The minimum atomic E-state index is -4.50. The number of rotatable bonds is 3. The van der Waals surface area contributed by atoms with E-state index in [0.29, 0.717) is 19.2 Å². The van der Waals surface area contributed by atoms with E-state index >= 15 is 0 Å². The first-order valence-corrected chi connectivity index (χ1v) is 12.8. The summed E-state index contributed by atoms with van der Waals surface area (Å²) in [5, 5.41) is 0. The Morgan fingerprint density at radius 2 is 1.71 bits per heavy atom. The normalized spacial score (nSPS) is 28.2. The number of likely N-dealkylation sites (tertiary alicyclic amines) is 1. The molecule has 0 aromatic heterocycles. The Hall–Kier alpha value is -2.29. The molecule has 6 nitrogen and oxygen atoms in total. The molecule has 35 heavy (non-hydrogen) atoms. The Morgan fingerprint density at radius 3 is 2.34 bits per heavy atom. The van der Waals surface area contributed by atoms with Gasteiger partial charge in [-0.2, -0.15) is 13.2 Å². The highest BCUT2D eigenvalue weighted by Crippen LogP contribution is 2.45. The van der Waals surface area contributed by atoms with Gasteiger partial charge in [0, 0.05) is 36.6 Å². The molecule has 4 heterocycles. The summed E-state index contributed by atoms with van der Waals surface area (Å²) >= 11 is 0. The first kappa shape index (κ1) is 24.4. The van der Waals surface area contributed by atoms with Crippen LogP contribution in [0.25, 0.3) is 0 Å². The standard InChI is InChI=1S/C26H34F3N3O3/c1-2-35-24(34)32-19-7-8-20(32)14-21(13-19)30-11-9-25(10-12-30)17-31(23(33)15-26(27,28)29)16-18-5-3-4-6-22(18)25/h3-6,19-21H,2,7-17H2,1H3. The van der Waals surface area contributed by atoms with Gasteiger partial charge in [-0.05, 0) is 69.7 Å². The maximum atomic E-state index is 12.9. The van der Waals surface area contributed by atoms with Gasteiger partial charge in [0.05, 0.1) is 6.61 Å². The lowest BCUT2D eigenvalue weighted by Gasteiger charge is -2.51. The first-order chi connectivity index (χ1) is 16.7. The summed E-state index contributed by atoms with van der Waals surface area (Å²) < 4.78 is 44.1. The van der Waals surface area contributed by atoms with Crippen LogP contribution in [-0.4, -0.2) is 77.2 Å². The number of benzene rings is 1. The number of carbonyl (C=O) groups excluding carboxylic acids is 2. The Morgan fingerprint density at radius 1 is 1.06 bits per heavy atom. The molecule has 2 unspecified atom stereocenters. The second-order valence-corrected chi connectivity index (χ2v) is 10.6. The average Bonchev–Trinajstić information content (AvgIpc) is 3.08. The Labute approximate surface area is 204 Å². The van der Waals surface area contributed by atoms with E-state index in [-0.39, 0.29) is 30.1 Å². The van der Waals surface area contributed by atoms with Crippen LogP contribution in [0.1, 0.15) is 63.0 Å². The second kappa shape index (κ2) is 9.30. The third kappa shape index (κ3) is 4.76. The molecule has 4 aliphatic rings. The molecule has 0 N–H and O–H groups in total. The van der Waals surface area contributed by atoms with Crippen molar-refractivity contribution in [1.29, 1.82) is 0 Å². The molecule has 2 amide bonds. The summed E-state index contributed by atoms with van der Waals surface area (Å²) in [4.78, 5) is 30.8. The van der Waals surface area contributed by atoms with Gasteiger partial charge in [0.25, 0.3) is 0 Å². The van der Waals surface area contributed by atoms with Crippen molar-refractivity contribution in [1.82, 2.24) is 14.7 Å². The highest BCUT2D eigenvalue weighted by atomic mass is 19.4. The lowest BCUT2D eigenvalue weighted by atomic mass is 9.68. The molecule has 4 aliphatic heterocycles. The number of fused-ring (bicyclic) bond motifs is 4. The quantitative estimate of drug-likeness (QED) is 0.624. The van der Waals surface area contributed by atoms with Gasteiger partial charge >= 0.3 is 12.3 Å². The van der Waals surface area contributed by atoms with Crippen LogP contribution in [-0.2, 0) is 21.5 Å². The van der Waals surface area contributed by atoms with Gasteiger partial charge in [0.2, 0.25) is 5.91 Å². The molecule has 9 heteroatoms. The van der Waals surface area contributed by atoms with E-state index in [0.717, 1.165) is 57.2 Å². The fourth-order valence-corrected chi connectivity index (χ4v) is 7.03. The van der Waals surface area contributed by atoms with E-state index in [1.165, 1.54) is 10.5 Å². The van der Waals surface area contributed by atoms with E-state index < -0.39 is 18.5 Å². The summed E-state index contributed by atoms with van der Waals surface area (Å²) in [7, 11) is 0. The van der Waals surface area contributed by atoms with Crippen LogP contribution in [0, 0.1) is 0 Å². The molecule has 0 radical (unpaired) electrons. The van der Waals surface area contributed by atoms with Gasteiger partial charge in [-0.1, -0.05) is 24.3 Å². The van der Waals surface area contributed by atoms with Crippen LogP contribution in [0.2, 0.25) is 0 Å². The lowest BCUT2D eigenvalue weighted by Crippen LogP contribution is -2.57. The van der Waals surface area contributed by atoms with Crippen LogP contribution in [0.5, 0.6) is 0 Å². The van der Waals surface area contributed by atoms with Crippen LogP contribution < -0.4 is 0 Å². The van der Waals surface area contributed by atoms with Gasteiger partial charge in [0.15, 0.2) is 0 Å². The molecule has 2 atom stereocenters. The van der Waals surface area contributed by atoms with Crippen molar-refractivity contribution < 1.29 is 27.5 Å². The van der Waals surface area contributed by atoms with Gasteiger partial charge in [-0.15, -0.1) is 0 Å². The van der Waals surface area contributed by atoms with Crippen molar-refractivity contribution >= 4 is 12.0 Å². The minimum Gasteiger partial charge on any atom is -0.450 e. The Bertz CT molecular complexity index is 947. The molecular formula is C26H34F3N3O3. The summed E-state index contributed by atoms with van der Waals surface area (Å²) in [6.07, 6.45) is -0.562. The molecule has 1 aromatic rings. The van der Waals surface area contributed by atoms with Crippen molar-refractivity contribution in [2.24, 2.45) is 0 Å². The summed E-state index contributed by atoms with van der Waals surface area (Å²) in [6, 6.07) is 8.76. The number of ether oxygens (including phenoxy) is 1. The van der Waals surface area contributed by atoms with Crippen molar-refractivity contribution in [3.05, 3.63) is 35.4 Å². The van der Waals surface area contributed by atoms with Crippen molar-refractivity contribution in [2.45, 2.75) is 88.1 Å². The highest BCUT2D eigenvalue weighted by molar-refractivity contribution is 5.77. The number of hydrogen-bond acceptors (Lipinski definition) is 4. The topological polar surface area (TPSA) is 53.1 Å². The molecule has 3 fully saturated rings. The molecule has 5 rings (SSSR count). The maximum absolute atomic E-state index is 12.9. The summed E-state index contributed by atoms with van der Waals surface area (Å²) in [5.74, 6) is -0.836. The minimum absolute atomic E-state index is 0.196. The van der Waals surface area contributed by atoms with Crippen LogP contribution in [0.4, 0.5) is 18.0 Å². The molecule has 1 spiro atoms. The molecule has 3 saturated heterocycles. The Kier molecular flexibility index (Phi) is 6.48. The summed E-state index contributed by atoms with van der Waals surface area (Å²) in [5.41, 5.74) is 1.84. The van der Waals surface area contributed by atoms with Crippen molar-refractivity contribution in [3.8, 4) is 0 Å². The maximum Gasteiger partial charge on any atom is 0.410 e. The SMILES string of the molecule is CCOC(=O)N1C2CCC1CC(N1CCC3(CC1)CN(C(=O)CC(F)(F)F)Cc1ccccc13)C2. The van der Waals surface area contributed by atoms with Crippen molar-refractivity contribution in [3.63, 3.8) is 0 Å². The fourth-order valence-electron chi connectivity index (χ4n) is 7.03. The van der Waals surface area contributed by atoms with E-state index in [9.17, 15) is 22.8 Å². The molecule has 2 bridgehead atoms. The fraction of sp³-hybridized carbons (Fsp3) is 0.692. The van der Waals surface area contributed by atoms with Crippen molar-refractivity contribution in [2.75, 3.05) is 26.2 Å². The predicted molar refractivity (Wildman–Crippen MR) is 124 cm³/mol. The van der Waals surface area contributed by atoms with Crippen LogP contribution in [0.15, 0.2) is 24.3 Å². The monoisotopic (exact) mass is 493 g/mol. The zero-order valence-electron chi connectivity index (χ0n) is 20.2. The second-order valence-electron chi connectivity index (χ2n) is 10.6. The van der Waals surface area contributed by atoms with E-state index in [4.69, 9.17) is 4.74 Å². The van der Waals surface area contributed by atoms with Gasteiger partial charge in [0.1, 0.15) is 6.42 Å². The zero-order chi connectivity index (χ0) is 24.8. The van der Waals surface area contributed by atoms with Gasteiger partial charge < -0.3 is 19.4 Å². The van der Waals surface area contributed by atoms with E-state index in [1.54, 1.807) is 0 Å². The van der Waals surface area contributed by atoms with Gasteiger partial charge in [-0.3, -0.25) is 4.79 Å². The number of amides is 2. The third-order valence-corrected chi connectivity index (χ3v) is 8.61. The smallest absolute Gasteiger partial charge is 0.410 e. The molecule has 0 saturated carbocycles. The highest BCUT2D eigenvalue weighted by Gasteiger charge is 2.49. The number of halogens is 3. The molecule has 1 aromatic carbocycles. The number of alkyl halides is 3. The largest absolute Gasteiger partial charge is 0.450 e. The molecular weight excluding hydrogens is 459 g/mol. The number of carbonyl (C=O) groups is 2. The number of piperidine rings is 2. The molecule has 0 aliphatic carbocycles. The number of nitrogens with zero attached hydrogens (tertiary/aromatic N) is 3. The van der Waals surface area contributed by atoms with Crippen LogP contribution in [0.3, 0.4) is 0 Å². The average molecular weight is 494 g/mol. The predicted octanol–water partition coefficient (Wildman–Crippen LogP) is 4.47. The zero-order valence-corrected chi connectivity index (χ0v) is 20.2. The van der Waals surface area contributed by atoms with E-state index in [1.807, 2.05) is 30.0 Å². The van der Waals surface area contributed by atoms with E-state index in [2.05, 4.69) is 11.0 Å². The van der Waals surface area contributed by atoms with Gasteiger partial charge in [-0.25, -0.2) is 4.79 Å². The first-order valence-electron chi connectivity index (χ1n) is 12.8. The third-order valence-electron chi connectivity index (χ3n) is 8.61. The Balaban J connectivity index is 1.28. The number of hydrogen-bond donors (Lipinski definition) is 0.